The van der Waals surface area contributed by atoms with Crippen molar-refractivity contribution < 1.29 is 9.47 Å². The minimum atomic E-state index is 0.0150. The van der Waals surface area contributed by atoms with Gasteiger partial charge >= 0.3 is 0 Å². The van der Waals surface area contributed by atoms with Crippen molar-refractivity contribution in [2.75, 3.05) is 13.2 Å². The van der Waals surface area contributed by atoms with E-state index >= 15 is 0 Å². The van der Waals surface area contributed by atoms with Gasteiger partial charge in [-0.05, 0) is 18.9 Å². The molecule has 5 nitrogen and oxygen atoms in total. The molecule has 2 heterocycles. The van der Waals surface area contributed by atoms with Crippen molar-refractivity contribution in [2.24, 2.45) is 7.05 Å². The number of nitrogens with one attached hydrogen (secondary N) is 1. The number of aryl methyl sites for hydroxylation is 1. The minimum Gasteiger partial charge on any atom is -0.471 e. The van der Waals surface area contributed by atoms with Crippen molar-refractivity contribution in [3.63, 3.8) is 0 Å². The van der Waals surface area contributed by atoms with Crippen molar-refractivity contribution in [3.05, 3.63) is 18.0 Å². The van der Waals surface area contributed by atoms with Gasteiger partial charge in [-0.25, -0.2) is 0 Å². The molecular formula is C10H15N3O2. The molecule has 1 aromatic heterocycles. The smallest absolute Gasteiger partial charge is 0.232 e. The first-order valence-electron chi connectivity index (χ1n) is 5.08. The van der Waals surface area contributed by atoms with Crippen LogP contribution < -0.4 is 0 Å². The number of hydrogen-bond acceptors (Lipinski definition) is 4. The van der Waals surface area contributed by atoms with Gasteiger partial charge in [0, 0.05) is 19.9 Å². The Hall–Kier alpha value is -1.36. The summed E-state index contributed by atoms with van der Waals surface area (Å²) in [7, 11) is 1.80. The summed E-state index contributed by atoms with van der Waals surface area (Å²) in [6, 6.07) is 1.77. The lowest BCUT2D eigenvalue weighted by atomic mass is 10.2. The number of rotatable bonds is 2. The average Bonchev–Trinajstić information content (AvgIpc) is 2.66. The van der Waals surface area contributed by atoms with Crippen LogP contribution in [-0.4, -0.2) is 35.0 Å². The number of ether oxygens (including phenoxy) is 2. The van der Waals surface area contributed by atoms with E-state index in [1.807, 2.05) is 0 Å². The highest BCUT2D eigenvalue weighted by Gasteiger charge is 2.18. The molecule has 0 aromatic carbocycles. The third kappa shape index (κ3) is 2.36. The molecule has 0 radical (unpaired) electrons. The van der Waals surface area contributed by atoms with Crippen molar-refractivity contribution in [3.8, 4) is 0 Å². The number of nitrogens with zero attached hydrogens (tertiary/aromatic N) is 2. The molecule has 15 heavy (non-hydrogen) atoms. The maximum atomic E-state index is 7.78. The molecule has 0 saturated carbocycles. The van der Waals surface area contributed by atoms with E-state index in [-0.39, 0.29) is 12.0 Å². The van der Waals surface area contributed by atoms with Gasteiger partial charge < -0.3 is 9.47 Å². The summed E-state index contributed by atoms with van der Waals surface area (Å²) in [6.07, 6.45) is 3.63. The topological polar surface area (TPSA) is 60.1 Å². The predicted molar refractivity (Wildman–Crippen MR) is 55.0 cm³/mol. The largest absolute Gasteiger partial charge is 0.471 e. The molecule has 1 atom stereocenters. The molecule has 0 amide bonds. The van der Waals surface area contributed by atoms with E-state index in [4.69, 9.17) is 14.9 Å². The molecule has 0 unspecified atom stereocenters. The lowest BCUT2D eigenvalue weighted by molar-refractivity contribution is 0.00129. The number of aromatic nitrogens is 2. The lowest BCUT2D eigenvalue weighted by Gasteiger charge is -2.23. The summed E-state index contributed by atoms with van der Waals surface area (Å²) in [5.74, 6) is 0.172. The average molecular weight is 209 g/mol. The van der Waals surface area contributed by atoms with E-state index in [1.165, 1.54) is 0 Å². The summed E-state index contributed by atoms with van der Waals surface area (Å²) in [5.41, 5.74) is 0.695. The molecular weight excluding hydrogens is 194 g/mol. The van der Waals surface area contributed by atoms with Crippen LogP contribution in [0.3, 0.4) is 0 Å². The van der Waals surface area contributed by atoms with Gasteiger partial charge in [0.15, 0.2) is 0 Å². The molecule has 0 bridgehead atoms. The van der Waals surface area contributed by atoms with Gasteiger partial charge in [0.1, 0.15) is 11.8 Å². The molecule has 1 saturated heterocycles. The van der Waals surface area contributed by atoms with Crippen LogP contribution in [-0.2, 0) is 16.5 Å². The Morgan fingerprint density at radius 2 is 2.60 bits per heavy atom. The van der Waals surface area contributed by atoms with Crippen molar-refractivity contribution >= 4 is 5.90 Å². The second-order valence-corrected chi connectivity index (χ2v) is 3.63. The van der Waals surface area contributed by atoms with E-state index in [9.17, 15) is 0 Å². The fourth-order valence-corrected chi connectivity index (χ4v) is 1.63. The molecule has 1 aliphatic heterocycles. The van der Waals surface area contributed by atoms with Crippen LogP contribution in [0.15, 0.2) is 12.3 Å². The second-order valence-electron chi connectivity index (χ2n) is 3.63. The summed E-state index contributed by atoms with van der Waals surface area (Å²) >= 11 is 0. The quantitative estimate of drug-likeness (QED) is 0.582. The molecule has 5 heteroatoms. The monoisotopic (exact) mass is 209 g/mol. The predicted octanol–water partition coefficient (Wildman–Crippen LogP) is 0.941. The Kier molecular flexibility index (Phi) is 3.01. The van der Waals surface area contributed by atoms with Crippen LogP contribution in [0, 0.1) is 5.41 Å². The molecule has 1 aliphatic rings. The van der Waals surface area contributed by atoms with Crippen molar-refractivity contribution in [1.29, 1.82) is 5.41 Å². The maximum Gasteiger partial charge on any atom is 0.232 e. The molecule has 1 fully saturated rings. The highest BCUT2D eigenvalue weighted by Crippen LogP contribution is 2.12. The molecule has 1 N–H and O–H groups in total. The zero-order chi connectivity index (χ0) is 10.7. The van der Waals surface area contributed by atoms with Crippen LogP contribution in [0.4, 0.5) is 0 Å². The Labute approximate surface area is 88.5 Å². The minimum absolute atomic E-state index is 0.0150. The fraction of sp³-hybridized carbons (Fsp3) is 0.600. The van der Waals surface area contributed by atoms with E-state index < -0.39 is 0 Å². The van der Waals surface area contributed by atoms with Crippen LogP contribution in [0.5, 0.6) is 0 Å². The van der Waals surface area contributed by atoms with Crippen LogP contribution >= 0.6 is 0 Å². The van der Waals surface area contributed by atoms with Crippen LogP contribution in [0.1, 0.15) is 18.5 Å². The van der Waals surface area contributed by atoms with Gasteiger partial charge in [0.05, 0.1) is 6.61 Å². The third-order valence-corrected chi connectivity index (χ3v) is 2.46. The molecule has 1 aromatic rings. The van der Waals surface area contributed by atoms with Gasteiger partial charge in [0.25, 0.3) is 0 Å². The highest BCUT2D eigenvalue weighted by atomic mass is 16.5. The first kappa shape index (κ1) is 10.2. The normalized spacial score (nSPS) is 21.3. The van der Waals surface area contributed by atoms with Gasteiger partial charge in [-0.3, -0.25) is 10.1 Å². The van der Waals surface area contributed by atoms with Crippen LogP contribution in [0.2, 0.25) is 0 Å². The van der Waals surface area contributed by atoms with Gasteiger partial charge in [-0.2, -0.15) is 5.10 Å². The Balaban J connectivity index is 1.94. The van der Waals surface area contributed by atoms with Gasteiger partial charge in [-0.15, -0.1) is 0 Å². The maximum absolute atomic E-state index is 7.78. The van der Waals surface area contributed by atoms with Crippen molar-refractivity contribution in [2.45, 2.75) is 18.9 Å². The van der Waals surface area contributed by atoms with Gasteiger partial charge in [-0.1, -0.05) is 0 Å². The molecule has 82 valence electrons. The van der Waals surface area contributed by atoms with Crippen LogP contribution in [0.25, 0.3) is 0 Å². The highest BCUT2D eigenvalue weighted by molar-refractivity contribution is 5.89. The summed E-state index contributed by atoms with van der Waals surface area (Å²) < 4.78 is 12.4. The first-order chi connectivity index (χ1) is 7.27. The van der Waals surface area contributed by atoms with E-state index in [0.29, 0.717) is 12.3 Å². The molecule has 0 aliphatic carbocycles. The standard InChI is InChI=1S/C10H15N3O2/c1-13-9(4-5-12-13)10(11)15-8-3-2-6-14-7-8/h4-5,8,11H,2-3,6-7H2,1H3/t8-/m1/s1. The van der Waals surface area contributed by atoms with Crippen molar-refractivity contribution in [1.82, 2.24) is 9.78 Å². The first-order valence-corrected chi connectivity index (χ1v) is 5.08. The Morgan fingerprint density at radius 1 is 1.73 bits per heavy atom. The van der Waals surface area contributed by atoms with E-state index in [1.54, 1.807) is 24.0 Å². The van der Waals surface area contributed by atoms with Gasteiger partial charge in [0.2, 0.25) is 5.90 Å². The zero-order valence-electron chi connectivity index (χ0n) is 8.77. The summed E-state index contributed by atoms with van der Waals surface area (Å²) in [4.78, 5) is 0. The van der Waals surface area contributed by atoms with E-state index in [0.717, 1.165) is 19.4 Å². The number of hydrogen-bond donors (Lipinski definition) is 1. The Bertz CT molecular complexity index is 342. The summed E-state index contributed by atoms with van der Waals surface area (Å²) in [5, 5.41) is 11.8. The SMILES string of the molecule is Cn1nccc1C(=N)O[C@@H]1CCCOC1. The second kappa shape index (κ2) is 4.44. The molecule has 2 rings (SSSR count). The Morgan fingerprint density at radius 3 is 3.20 bits per heavy atom. The lowest BCUT2D eigenvalue weighted by Crippen LogP contribution is -2.28. The zero-order valence-corrected chi connectivity index (χ0v) is 8.77. The summed E-state index contributed by atoms with van der Waals surface area (Å²) in [6.45, 7) is 1.39. The fourth-order valence-electron chi connectivity index (χ4n) is 1.63. The van der Waals surface area contributed by atoms with E-state index in [2.05, 4.69) is 5.10 Å². The third-order valence-electron chi connectivity index (χ3n) is 2.46. The molecule has 0 spiro atoms.